The Morgan fingerprint density at radius 1 is 0.949 bits per heavy atom. The van der Waals surface area contributed by atoms with Crippen molar-refractivity contribution in [2.45, 2.75) is 33.1 Å². The van der Waals surface area contributed by atoms with Crippen molar-refractivity contribution >= 4 is 35.1 Å². The van der Waals surface area contributed by atoms with Gasteiger partial charge in [-0.3, -0.25) is 0 Å². The number of benzene rings is 3. The summed E-state index contributed by atoms with van der Waals surface area (Å²) in [5.74, 6) is 1.15. The van der Waals surface area contributed by atoms with Crippen LogP contribution in [0.1, 0.15) is 36.6 Å². The summed E-state index contributed by atoms with van der Waals surface area (Å²) in [6.45, 7) is 4.56. The van der Waals surface area contributed by atoms with Crippen molar-refractivity contribution in [2.24, 2.45) is 0 Å². The van der Waals surface area contributed by atoms with Crippen LogP contribution in [0.2, 0.25) is 10.0 Å². The van der Waals surface area contributed by atoms with E-state index in [4.69, 9.17) is 37.4 Å². The Morgan fingerprint density at radius 2 is 1.77 bits per heavy atom. The largest absolute Gasteiger partial charge is 0.490 e. The molecule has 1 atom stereocenters. The first-order valence-electron chi connectivity index (χ1n) is 12.4. The third-order valence-corrected chi connectivity index (χ3v) is 6.93. The molecule has 39 heavy (non-hydrogen) atoms. The highest BCUT2D eigenvalue weighted by Crippen LogP contribution is 2.39. The molecular formula is C29H26Cl2N4O4. The number of aromatic nitrogens is 3. The minimum absolute atomic E-state index is 0.152. The fourth-order valence-electron chi connectivity index (χ4n) is 4.34. The molecule has 0 amide bonds. The predicted molar refractivity (Wildman–Crippen MR) is 149 cm³/mol. The zero-order valence-electron chi connectivity index (χ0n) is 21.4. The van der Waals surface area contributed by atoms with Gasteiger partial charge in [0.15, 0.2) is 11.5 Å². The van der Waals surface area contributed by atoms with Crippen LogP contribution in [0.15, 0.2) is 84.3 Å². The van der Waals surface area contributed by atoms with E-state index in [0.29, 0.717) is 45.4 Å². The lowest BCUT2D eigenvalue weighted by Crippen LogP contribution is -2.29. The number of anilines is 1. The molecule has 1 aromatic heterocycles. The van der Waals surface area contributed by atoms with Gasteiger partial charge in [-0.15, -0.1) is 0 Å². The van der Waals surface area contributed by atoms with Crippen LogP contribution in [0, 0.1) is 0 Å². The summed E-state index contributed by atoms with van der Waals surface area (Å²) in [6, 6.07) is 19.9. The molecule has 0 radical (unpaired) electrons. The van der Waals surface area contributed by atoms with Crippen LogP contribution in [0.25, 0.3) is 0 Å². The Kier molecular flexibility index (Phi) is 8.05. The van der Waals surface area contributed by atoms with Crippen molar-refractivity contribution in [1.82, 2.24) is 14.8 Å². The number of carbonyl (C=O) groups is 1. The average Bonchev–Trinajstić information content (AvgIpc) is 3.41. The summed E-state index contributed by atoms with van der Waals surface area (Å²) < 4.78 is 19.4. The fraction of sp³-hybridized carbons (Fsp3) is 0.207. The Morgan fingerprint density at radius 3 is 2.54 bits per heavy atom. The summed E-state index contributed by atoms with van der Waals surface area (Å²) >= 11 is 12.2. The molecule has 0 saturated heterocycles. The molecule has 10 heteroatoms. The van der Waals surface area contributed by atoms with E-state index in [1.54, 1.807) is 16.8 Å². The van der Waals surface area contributed by atoms with Gasteiger partial charge < -0.3 is 19.5 Å². The van der Waals surface area contributed by atoms with Crippen molar-refractivity contribution in [1.29, 1.82) is 0 Å². The Bertz CT molecular complexity index is 1520. The SMILES string of the molecule is CCOc1cc(C2C(C(=O)OCc3ccccc3)=C(C)Nc3ncnn32)ccc1OCc1ccc(Cl)c(Cl)c1. The van der Waals surface area contributed by atoms with Gasteiger partial charge >= 0.3 is 5.97 Å². The molecule has 1 N–H and O–H groups in total. The number of nitrogens with zero attached hydrogens (tertiary/aromatic N) is 3. The number of halogens is 2. The predicted octanol–water partition coefficient (Wildman–Crippen LogP) is 6.59. The van der Waals surface area contributed by atoms with Gasteiger partial charge in [0, 0.05) is 5.70 Å². The lowest BCUT2D eigenvalue weighted by atomic mass is 9.95. The molecule has 5 rings (SSSR count). The van der Waals surface area contributed by atoms with Gasteiger partial charge in [-0.2, -0.15) is 10.1 Å². The van der Waals surface area contributed by atoms with E-state index in [-0.39, 0.29) is 13.2 Å². The van der Waals surface area contributed by atoms with E-state index in [2.05, 4.69) is 15.4 Å². The second-order valence-corrected chi connectivity index (χ2v) is 9.65. The maximum absolute atomic E-state index is 13.4. The minimum atomic E-state index is -0.588. The van der Waals surface area contributed by atoms with Gasteiger partial charge in [-0.25, -0.2) is 9.48 Å². The number of allylic oxidation sites excluding steroid dienone is 1. The lowest BCUT2D eigenvalue weighted by molar-refractivity contribution is -0.140. The van der Waals surface area contributed by atoms with E-state index >= 15 is 0 Å². The van der Waals surface area contributed by atoms with Crippen LogP contribution < -0.4 is 14.8 Å². The van der Waals surface area contributed by atoms with Gasteiger partial charge in [0.05, 0.1) is 22.2 Å². The van der Waals surface area contributed by atoms with E-state index in [1.165, 1.54) is 6.33 Å². The highest BCUT2D eigenvalue weighted by Gasteiger charge is 2.35. The van der Waals surface area contributed by atoms with Gasteiger partial charge in [-0.1, -0.05) is 65.7 Å². The Balaban J connectivity index is 1.44. The molecule has 200 valence electrons. The smallest absolute Gasteiger partial charge is 0.338 e. The molecule has 0 bridgehead atoms. The van der Waals surface area contributed by atoms with E-state index < -0.39 is 12.0 Å². The topological polar surface area (TPSA) is 87.5 Å². The summed E-state index contributed by atoms with van der Waals surface area (Å²) in [7, 11) is 0. The van der Waals surface area contributed by atoms with Gasteiger partial charge in [0.25, 0.3) is 0 Å². The molecule has 0 aliphatic carbocycles. The minimum Gasteiger partial charge on any atom is -0.490 e. The molecular weight excluding hydrogens is 539 g/mol. The van der Waals surface area contributed by atoms with Crippen LogP contribution in [0.4, 0.5) is 5.95 Å². The highest BCUT2D eigenvalue weighted by molar-refractivity contribution is 6.42. The Hall–Kier alpha value is -4.01. The van der Waals surface area contributed by atoms with E-state index in [0.717, 1.165) is 16.7 Å². The number of nitrogens with one attached hydrogen (secondary N) is 1. The number of ether oxygens (including phenoxy) is 3. The number of hydrogen-bond donors (Lipinski definition) is 1. The quantitative estimate of drug-likeness (QED) is 0.229. The molecule has 4 aromatic rings. The van der Waals surface area contributed by atoms with Crippen LogP contribution in [0.5, 0.6) is 11.5 Å². The molecule has 0 fully saturated rings. The highest BCUT2D eigenvalue weighted by atomic mass is 35.5. The fourth-order valence-corrected chi connectivity index (χ4v) is 4.66. The summed E-state index contributed by atoms with van der Waals surface area (Å²) in [5.41, 5.74) is 3.59. The monoisotopic (exact) mass is 564 g/mol. The number of carbonyl (C=O) groups excluding carboxylic acids is 1. The normalized spacial score (nSPS) is 14.4. The van der Waals surface area contributed by atoms with E-state index in [1.807, 2.05) is 68.4 Å². The second kappa shape index (κ2) is 11.8. The summed E-state index contributed by atoms with van der Waals surface area (Å²) in [6.07, 6.45) is 1.44. The standard InChI is InChI=1S/C29H26Cl2N4O4/c1-3-37-25-14-21(10-12-24(25)38-16-20-9-11-22(30)23(31)13-20)27-26(18(2)34-29-32-17-33-35(27)29)28(36)39-15-19-7-5-4-6-8-19/h4-14,17,27H,3,15-16H2,1-2H3,(H,32,33,34). The number of hydrogen-bond acceptors (Lipinski definition) is 7. The molecule has 3 aromatic carbocycles. The maximum Gasteiger partial charge on any atom is 0.338 e. The van der Waals surface area contributed by atoms with Crippen LogP contribution >= 0.6 is 23.2 Å². The van der Waals surface area contributed by atoms with Gasteiger partial charge in [-0.05, 0) is 54.8 Å². The number of fused-ring (bicyclic) bond motifs is 1. The number of rotatable bonds is 9. The molecule has 1 unspecified atom stereocenters. The second-order valence-electron chi connectivity index (χ2n) is 8.83. The zero-order valence-corrected chi connectivity index (χ0v) is 22.9. The first-order valence-corrected chi connectivity index (χ1v) is 13.1. The molecule has 1 aliphatic heterocycles. The lowest BCUT2D eigenvalue weighted by Gasteiger charge is -2.28. The van der Waals surface area contributed by atoms with Crippen molar-refractivity contribution in [3.05, 3.63) is 111 Å². The summed E-state index contributed by atoms with van der Waals surface area (Å²) in [5, 5.41) is 8.50. The van der Waals surface area contributed by atoms with Crippen molar-refractivity contribution in [3.8, 4) is 11.5 Å². The first-order chi connectivity index (χ1) is 18.9. The van der Waals surface area contributed by atoms with Crippen molar-refractivity contribution < 1.29 is 19.0 Å². The molecule has 0 spiro atoms. The Labute approximate surface area is 236 Å². The maximum atomic E-state index is 13.4. The van der Waals surface area contributed by atoms with Crippen molar-refractivity contribution in [2.75, 3.05) is 11.9 Å². The van der Waals surface area contributed by atoms with Crippen LogP contribution in [-0.4, -0.2) is 27.3 Å². The average molecular weight is 565 g/mol. The third kappa shape index (κ3) is 5.87. The first kappa shape index (κ1) is 26.6. The van der Waals surface area contributed by atoms with E-state index in [9.17, 15) is 4.79 Å². The van der Waals surface area contributed by atoms with Crippen LogP contribution in [0.3, 0.4) is 0 Å². The number of esters is 1. The van der Waals surface area contributed by atoms with Crippen LogP contribution in [-0.2, 0) is 22.7 Å². The molecule has 0 saturated carbocycles. The zero-order chi connectivity index (χ0) is 27.4. The molecule has 2 heterocycles. The summed E-state index contributed by atoms with van der Waals surface area (Å²) in [4.78, 5) is 17.7. The van der Waals surface area contributed by atoms with Gasteiger partial charge in [0.1, 0.15) is 25.6 Å². The third-order valence-electron chi connectivity index (χ3n) is 6.19. The molecule has 1 aliphatic rings. The van der Waals surface area contributed by atoms with Gasteiger partial charge in [0.2, 0.25) is 5.95 Å². The molecule has 8 nitrogen and oxygen atoms in total. The van der Waals surface area contributed by atoms with Crippen molar-refractivity contribution in [3.63, 3.8) is 0 Å².